The van der Waals surface area contributed by atoms with E-state index in [0.29, 0.717) is 23.9 Å². The molecule has 18 heavy (non-hydrogen) atoms. The number of aliphatic hydroxyl groups is 1. The number of piperidine rings is 1. The summed E-state index contributed by atoms with van der Waals surface area (Å²) in [6.45, 7) is 3.42. The predicted octanol–water partition coefficient (Wildman–Crippen LogP) is 2.72. The largest absolute Gasteiger partial charge is 0.396 e. The van der Waals surface area contributed by atoms with Gasteiger partial charge in [-0.05, 0) is 37.8 Å². The van der Waals surface area contributed by atoms with E-state index in [1.165, 1.54) is 0 Å². The molecule has 4 nitrogen and oxygen atoms in total. The van der Waals surface area contributed by atoms with Crippen molar-refractivity contribution in [1.82, 2.24) is 4.31 Å². The van der Waals surface area contributed by atoms with Crippen molar-refractivity contribution in [3.8, 4) is 0 Å². The lowest BCUT2D eigenvalue weighted by molar-refractivity contribution is 0.164. The van der Waals surface area contributed by atoms with Crippen LogP contribution in [0.5, 0.6) is 0 Å². The number of aryl methyl sites for hydroxylation is 1. The molecule has 0 amide bonds. The third kappa shape index (κ3) is 2.87. The van der Waals surface area contributed by atoms with Crippen LogP contribution in [0.2, 0.25) is 0 Å². The van der Waals surface area contributed by atoms with Crippen LogP contribution in [0, 0.1) is 12.8 Å². The maximum absolute atomic E-state index is 10.4. The van der Waals surface area contributed by atoms with Crippen LogP contribution in [0.4, 0.5) is 0 Å². The van der Waals surface area contributed by atoms with Gasteiger partial charge in [-0.2, -0.15) is 0 Å². The Hall–Kier alpha value is -0.590. The Kier molecular flexibility index (Phi) is 4.29. The van der Waals surface area contributed by atoms with Gasteiger partial charge in [0.2, 0.25) is 0 Å². The standard InChI is InChI=1S/C13H21NO3S/c1-11-2-4-13(5-3-11)18(16,17)14-8-6-12(10-15)7-9-14/h2-5,12,15-17H,6-10H2,1H3. The van der Waals surface area contributed by atoms with E-state index in [4.69, 9.17) is 5.11 Å². The van der Waals surface area contributed by atoms with E-state index >= 15 is 0 Å². The van der Waals surface area contributed by atoms with Crippen LogP contribution >= 0.6 is 10.8 Å². The maximum Gasteiger partial charge on any atom is 0.0752 e. The molecule has 0 radical (unpaired) electrons. The first-order chi connectivity index (χ1) is 8.54. The first-order valence-corrected chi connectivity index (χ1v) is 7.75. The molecular formula is C13H21NO3S. The van der Waals surface area contributed by atoms with Gasteiger partial charge in [0.05, 0.1) is 4.90 Å². The van der Waals surface area contributed by atoms with Crippen molar-refractivity contribution >= 4 is 10.8 Å². The molecular weight excluding hydrogens is 250 g/mol. The van der Waals surface area contributed by atoms with Gasteiger partial charge in [-0.3, -0.25) is 9.11 Å². The summed E-state index contributed by atoms with van der Waals surface area (Å²) in [5.74, 6) is 0.300. The summed E-state index contributed by atoms with van der Waals surface area (Å²) in [7, 11) is -2.86. The monoisotopic (exact) mass is 271 g/mol. The Morgan fingerprint density at radius 3 is 2.22 bits per heavy atom. The average molecular weight is 271 g/mol. The predicted molar refractivity (Wildman–Crippen MR) is 73.7 cm³/mol. The zero-order chi connectivity index (χ0) is 13.2. The first-order valence-electron chi connectivity index (χ1n) is 6.25. The summed E-state index contributed by atoms with van der Waals surface area (Å²) in [5, 5.41) is 9.09. The molecule has 1 aromatic carbocycles. The van der Waals surface area contributed by atoms with E-state index in [2.05, 4.69) is 0 Å². The fourth-order valence-corrected chi connectivity index (χ4v) is 3.74. The smallest absolute Gasteiger partial charge is 0.0752 e. The summed E-state index contributed by atoms with van der Waals surface area (Å²) in [6.07, 6.45) is 1.64. The van der Waals surface area contributed by atoms with Crippen LogP contribution in [0.1, 0.15) is 18.4 Å². The number of rotatable bonds is 3. The number of benzene rings is 1. The summed E-state index contributed by atoms with van der Waals surface area (Å²) in [4.78, 5) is 0.579. The molecule has 0 aromatic heterocycles. The van der Waals surface area contributed by atoms with Crippen LogP contribution in [0.25, 0.3) is 0 Å². The molecule has 0 saturated carbocycles. The maximum atomic E-state index is 10.4. The lowest BCUT2D eigenvalue weighted by atomic mass is 10.00. The van der Waals surface area contributed by atoms with E-state index < -0.39 is 10.8 Å². The van der Waals surface area contributed by atoms with Crippen molar-refractivity contribution in [1.29, 1.82) is 0 Å². The number of nitrogens with zero attached hydrogens (tertiary/aromatic N) is 1. The molecule has 0 spiro atoms. The highest BCUT2D eigenvalue weighted by atomic mass is 32.3. The summed E-state index contributed by atoms with van der Waals surface area (Å²) in [5.41, 5.74) is 1.10. The van der Waals surface area contributed by atoms with Gasteiger partial charge in [0, 0.05) is 19.7 Å². The van der Waals surface area contributed by atoms with Crippen molar-refractivity contribution in [3.05, 3.63) is 29.8 Å². The van der Waals surface area contributed by atoms with Crippen molar-refractivity contribution < 1.29 is 14.2 Å². The van der Waals surface area contributed by atoms with E-state index in [1.807, 2.05) is 19.1 Å². The molecule has 1 aliphatic rings. The minimum Gasteiger partial charge on any atom is -0.396 e. The second kappa shape index (κ2) is 5.59. The van der Waals surface area contributed by atoms with Gasteiger partial charge in [-0.25, -0.2) is 4.31 Å². The molecule has 0 bridgehead atoms. The fourth-order valence-electron chi connectivity index (χ4n) is 2.22. The molecule has 1 saturated heterocycles. The van der Waals surface area contributed by atoms with Crippen LogP contribution < -0.4 is 0 Å². The highest BCUT2D eigenvalue weighted by Gasteiger charge is 2.29. The Balaban J connectivity index is 2.09. The molecule has 1 fully saturated rings. The highest BCUT2D eigenvalue weighted by Crippen LogP contribution is 2.52. The molecule has 5 heteroatoms. The molecule has 1 aromatic rings. The third-order valence-electron chi connectivity index (χ3n) is 3.53. The summed E-state index contributed by atoms with van der Waals surface area (Å²) < 4.78 is 22.5. The number of hydrogen-bond donors (Lipinski definition) is 3. The molecule has 1 heterocycles. The van der Waals surface area contributed by atoms with Gasteiger partial charge in [0.25, 0.3) is 0 Å². The highest BCUT2D eigenvalue weighted by molar-refractivity contribution is 8.22. The molecule has 3 N–H and O–H groups in total. The van der Waals surface area contributed by atoms with E-state index in [-0.39, 0.29) is 6.61 Å². The Morgan fingerprint density at radius 1 is 1.17 bits per heavy atom. The normalized spacial score (nSPS) is 20.0. The van der Waals surface area contributed by atoms with Gasteiger partial charge in [-0.15, -0.1) is 10.8 Å². The van der Waals surface area contributed by atoms with Gasteiger partial charge in [0.1, 0.15) is 0 Å². The fraction of sp³-hybridized carbons (Fsp3) is 0.538. The molecule has 2 rings (SSSR count). The average Bonchev–Trinajstić information content (AvgIpc) is 2.39. The van der Waals surface area contributed by atoms with Crippen LogP contribution in [0.3, 0.4) is 0 Å². The molecule has 1 aliphatic heterocycles. The van der Waals surface area contributed by atoms with E-state index in [9.17, 15) is 9.11 Å². The van der Waals surface area contributed by atoms with Crippen molar-refractivity contribution in [3.63, 3.8) is 0 Å². The van der Waals surface area contributed by atoms with Gasteiger partial charge >= 0.3 is 0 Å². The lowest BCUT2D eigenvalue weighted by Gasteiger charge is -2.45. The van der Waals surface area contributed by atoms with Crippen LogP contribution in [0.15, 0.2) is 29.2 Å². The molecule has 0 unspecified atom stereocenters. The van der Waals surface area contributed by atoms with Gasteiger partial charge in [0.15, 0.2) is 0 Å². The molecule has 0 aliphatic carbocycles. The van der Waals surface area contributed by atoms with Crippen molar-refractivity contribution in [2.45, 2.75) is 24.7 Å². The quantitative estimate of drug-likeness (QED) is 0.791. The van der Waals surface area contributed by atoms with E-state index in [0.717, 1.165) is 18.4 Å². The summed E-state index contributed by atoms with van der Waals surface area (Å²) >= 11 is 0. The minimum atomic E-state index is -2.86. The number of aliphatic hydroxyl groups excluding tert-OH is 1. The second-order valence-electron chi connectivity index (χ2n) is 4.89. The van der Waals surface area contributed by atoms with Crippen LogP contribution in [-0.2, 0) is 0 Å². The zero-order valence-electron chi connectivity index (χ0n) is 10.6. The Morgan fingerprint density at radius 2 is 1.72 bits per heavy atom. The second-order valence-corrected chi connectivity index (χ2v) is 6.91. The lowest BCUT2D eigenvalue weighted by Crippen LogP contribution is -2.36. The molecule has 0 atom stereocenters. The first kappa shape index (κ1) is 13.8. The van der Waals surface area contributed by atoms with Crippen molar-refractivity contribution in [2.75, 3.05) is 19.7 Å². The van der Waals surface area contributed by atoms with Gasteiger partial charge in [-0.1, -0.05) is 17.7 Å². The van der Waals surface area contributed by atoms with E-state index in [1.54, 1.807) is 16.4 Å². The number of hydrogen-bond acceptors (Lipinski definition) is 4. The third-order valence-corrected chi connectivity index (χ3v) is 5.52. The van der Waals surface area contributed by atoms with Crippen LogP contribution in [-0.4, -0.2) is 38.2 Å². The summed E-state index contributed by atoms with van der Waals surface area (Å²) in [6, 6.07) is 7.35. The Labute approximate surface area is 110 Å². The Bertz CT molecular complexity index is 386. The van der Waals surface area contributed by atoms with Gasteiger partial charge < -0.3 is 5.11 Å². The SMILES string of the molecule is Cc1ccc(S(O)(O)N2CCC(CO)CC2)cc1. The zero-order valence-corrected chi connectivity index (χ0v) is 11.4. The molecule has 102 valence electrons. The van der Waals surface area contributed by atoms with Crippen molar-refractivity contribution in [2.24, 2.45) is 5.92 Å². The topological polar surface area (TPSA) is 63.9 Å². The minimum absolute atomic E-state index is 0.192.